The van der Waals surface area contributed by atoms with Gasteiger partial charge < -0.3 is 4.90 Å². The van der Waals surface area contributed by atoms with Crippen LogP contribution in [0.2, 0.25) is 0 Å². The van der Waals surface area contributed by atoms with Gasteiger partial charge in [0.05, 0.1) is 5.75 Å². The smallest absolute Gasteiger partial charge is 0.233 e. The van der Waals surface area contributed by atoms with E-state index in [1.807, 2.05) is 7.05 Å². The van der Waals surface area contributed by atoms with Crippen molar-refractivity contribution in [2.75, 3.05) is 12.8 Å². The lowest BCUT2D eigenvalue weighted by Gasteiger charge is -2.17. The fourth-order valence-electron chi connectivity index (χ4n) is 2.05. The van der Waals surface area contributed by atoms with Gasteiger partial charge in [-0.05, 0) is 28.8 Å². The largest absolute Gasteiger partial charge is 0.341 e. The molecule has 1 aromatic carbocycles. The number of amides is 1. The van der Waals surface area contributed by atoms with E-state index in [9.17, 15) is 4.79 Å². The molecule has 0 N–H and O–H groups in total. The maximum Gasteiger partial charge on any atom is 0.233 e. The Morgan fingerprint density at radius 1 is 1.30 bits per heavy atom. The summed E-state index contributed by atoms with van der Waals surface area (Å²) in [5.41, 5.74) is 2.34. The number of carbonyl (C=O) groups excluding carboxylic acids is 1. The Bertz CT molecular complexity index is 638. The molecular weight excluding hydrogens is 310 g/mol. The summed E-state index contributed by atoms with van der Waals surface area (Å²) < 4.78 is 1.75. The Morgan fingerprint density at radius 2 is 2.00 bits per heavy atom. The molecule has 0 aliphatic heterocycles. The van der Waals surface area contributed by atoms with Gasteiger partial charge >= 0.3 is 0 Å². The molecule has 0 aliphatic carbocycles. The molecule has 2 rings (SSSR count). The van der Waals surface area contributed by atoms with Crippen molar-refractivity contribution < 1.29 is 4.79 Å². The second-order valence-corrected chi connectivity index (χ2v) is 7.00. The monoisotopic (exact) mass is 333 g/mol. The van der Waals surface area contributed by atoms with Crippen LogP contribution in [0.1, 0.15) is 25.0 Å². The summed E-state index contributed by atoms with van der Waals surface area (Å²) >= 11 is 1.38. The van der Waals surface area contributed by atoms with Crippen LogP contribution in [0.15, 0.2) is 29.4 Å². The highest BCUT2D eigenvalue weighted by Crippen LogP contribution is 2.16. The highest BCUT2D eigenvalue weighted by atomic mass is 32.2. The molecule has 23 heavy (non-hydrogen) atoms. The van der Waals surface area contributed by atoms with Crippen molar-refractivity contribution >= 4 is 17.7 Å². The van der Waals surface area contributed by atoms with Crippen molar-refractivity contribution in [2.45, 2.75) is 39.0 Å². The van der Waals surface area contributed by atoms with Crippen LogP contribution in [-0.2, 0) is 17.9 Å². The van der Waals surface area contributed by atoms with Gasteiger partial charge in [0.15, 0.2) is 0 Å². The Kier molecular flexibility index (Phi) is 6.15. The Balaban J connectivity index is 1.86. The molecular formula is C16H23N5OS. The zero-order valence-electron chi connectivity index (χ0n) is 14.1. The number of rotatable bonds is 7. The summed E-state index contributed by atoms with van der Waals surface area (Å²) in [6.07, 6.45) is 0. The van der Waals surface area contributed by atoms with Gasteiger partial charge in [0, 0.05) is 20.1 Å². The van der Waals surface area contributed by atoms with E-state index in [2.05, 4.69) is 60.6 Å². The van der Waals surface area contributed by atoms with Gasteiger partial charge in [0.2, 0.25) is 11.1 Å². The lowest BCUT2D eigenvalue weighted by Crippen LogP contribution is -2.28. The third kappa shape index (κ3) is 5.35. The number of benzene rings is 1. The van der Waals surface area contributed by atoms with Crippen molar-refractivity contribution in [1.29, 1.82) is 0 Å². The van der Waals surface area contributed by atoms with Crippen LogP contribution in [0.3, 0.4) is 0 Å². The Morgan fingerprint density at radius 3 is 2.65 bits per heavy atom. The van der Waals surface area contributed by atoms with Gasteiger partial charge in [0.25, 0.3) is 0 Å². The zero-order valence-corrected chi connectivity index (χ0v) is 14.9. The van der Waals surface area contributed by atoms with Crippen molar-refractivity contribution in [3.8, 4) is 0 Å². The molecule has 0 spiro atoms. The van der Waals surface area contributed by atoms with Gasteiger partial charge in [-0.15, -0.1) is 5.10 Å². The van der Waals surface area contributed by atoms with Gasteiger partial charge in [0.1, 0.15) is 0 Å². The average molecular weight is 333 g/mol. The highest BCUT2D eigenvalue weighted by Gasteiger charge is 2.14. The molecule has 1 amide bonds. The first-order valence-electron chi connectivity index (χ1n) is 7.64. The van der Waals surface area contributed by atoms with E-state index in [-0.39, 0.29) is 5.91 Å². The first-order valence-corrected chi connectivity index (χ1v) is 8.62. The lowest BCUT2D eigenvalue weighted by molar-refractivity contribution is -0.127. The number of carbonyl (C=O) groups is 1. The van der Waals surface area contributed by atoms with Gasteiger partial charge in [-0.2, -0.15) is 0 Å². The van der Waals surface area contributed by atoms with E-state index in [4.69, 9.17) is 0 Å². The van der Waals surface area contributed by atoms with Crippen LogP contribution in [0, 0.1) is 12.8 Å². The molecule has 0 saturated heterocycles. The van der Waals surface area contributed by atoms with E-state index in [1.165, 1.54) is 17.3 Å². The summed E-state index contributed by atoms with van der Waals surface area (Å²) in [7, 11) is 1.82. The lowest BCUT2D eigenvalue weighted by atomic mass is 10.1. The van der Waals surface area contributed by atoms with Crippen LogP contribution in [-0.4, -0.2) is 43.8 Å². The topological polar surface area (TPSA) is 63.9 Å². The van der Waals surface area contributed by atoms with E-state index in [0.717, 1.165) is 12.1 Å². The van der Waals surface area contributed by atoms with E-state index in [0.29, 0.717) is 23.4 Å². The minimum Gasteiger partial charge on any atom is -0.341 e. The van der Waals surface area contributed by atoms with Crippen molar-refractivity contribution in [2.24, 2.45) is 5.92 Å². The summed E-state index contributed by atoms with van der Waals surface area (Å²) in [6.45, 7) is 7.63. The van der Waals surface area contributed by atoms with Crippen LogP contribution < -0.4 is 0 Å². The summed E-state index contributed by atoms with van der Waals surface area (Å²) in [5, 5.41) is 12.3. The van der Waals surface area contributed by atoms with Crippen molar-refractivity contribution in [1.82, 2.24) is 25.1 Å². The molecule has 0 radical (unpaired) electrons. The molecule has 7 heteroatoms. The number of nitrogens with zero attached hydrogens (tertiary/aromatic N) is 5. The first kappa shape index (κ1) is 17.5. The summed E-state index contributed by atoms with van der Waals surface area (Å²) in [5.74, 6) is 0.855. The number of aryl methyl sites for hydroxylation is 1. The number of tetrazole rings is 1. The summed E-state index contributed by atoms with van der Waals surface area (Å²) in [4.78, 5) is 14.0. The molecule has 124 valence electrons. The Hall–Kier alpha value is -1.89. The van der Waals surface area contributed by atoms with Gasteiger partial charge in [-0.25, -0.2) is 4.68 Å². The number of aromatic nitrogens is 4. The third-order valence-electron chi connectivity index (χ3n) is 3.33. The summed E-state index contributed by atoms with van der Waals surface area (Å²) in [6, 6.07) is 8.22. The average Bonchev–Trinajstić information content (AvgIpc) is 2.93. The quantitative estimate of drug-likeness (QED) is 0.728. The van der Waals surface area contributed by atoms with E-state index >= 15 is 0 Å². The third-order valence-corrected chi connectivity index (χ3v) is 4.27. The Labute approximate surface area is 141 Å². The standard InChI is InChI=1S/C16H23N5OS/c1-12(2)9-21-16(17-18-19-21)23-11-15(22)20(4)10-14-7-5-13(3)6-8-14/h5-8,12H,9-11H2,1-4H3. The molecule has 0 unspecified atom stereocenters. The van der Waals surface area contributed by atoms with Crippen LogP contribution in [0.5, 0.6) is 0 Å². The van der Waals surface area contributed by atoms with Crippen molar-refractivity contribution in [3.63, 3.8) is 0 Å². The fraction of sp³-hybridized carbons (Fsp3) is 0.500. The van der Waals surface area contributed by atoms with Crippen molar-refractivity contribution in [3.05, 3.63) is 35.4 Å². The first-order chi connectivity index (χ1) is 11.0. The minimum atomic E-state index is 0.0645. The molecule has 0 aliphatic rings. The second-order valence-electron chi connectivity index (χ2n) is 6.06. The minimum absolute atomic E-state index is 0.0645. The van der Waals surface area contributed by atoms with Gasteiger partial charge in [-0.1, -0.05) is 55.4 Å². The predicted octanol–water partition coefficient (Wildman–Crippen LogP) is 2.39. The molecule has 1 heterocycles. The van der Waals surface area contributed by atoms with Crippen LogP contribution in [0.25, 0.3) is 0 Å². The zero-order chi connectivity index (χ0) is 16.8. The normalized spacial score (nSPS) is 11.0. The predicted molar refractivity (Wildman–Crippen MR) is 91.0 cm³/mol. The van der Waals surface area contributed by atoms with Crippen LogP contribution in [0.4, 0.5) is 0 Å². The molecule has 2 aromatic rings. The molecule has 0 saturated carbocycles. The highest BCUT2D eigenvalue weighted by molar-refractivity contribution is 7.99. The van der Waals surface area contributed by atoms with Crippen LogP contribution >= 0.6 is 11.8 Å². The maximum atomic E-state index is 12.3. The molecule has 1 aromatic heterocycles. The SMILES string of the molecule is Cc1ccc(CN(C)C(=O)CSc2nnnn2CC(C)C)cc1. The second kappa shape index (κ2) is 8.10. The molecule has 0 fully saturated rings. The van der Waals surface area contributed by atoms with E-state index in [1.54, 1.807) is 9.58 Å². The number of hydrogen-bond acceptors (Lipinski definition) is 5. The van der Waals surface area contributed by atoms with Gasteiger partial charge in [-0.3, -0.25) is 4.79 Å². The maximum absolute atomic E-state index is 12.3. The molecule has 0 atom stereocenters. The number of thioether (sulfide) groups is 1. The number of hydrogen-bond donors (Lipinski definition) is 0. The van der Waals surface area contributed by atoms with E-state index < -0.39 is 0 Å². The fourth-order valence-corrected chi connectivity index (χ4v) is 2.88. The molecule has 0 bridgehead atoms. The molecule has 6 nitrogen and oxygen atoms in total.